The number of H-pyrrole nitrogens is 1. The predicted molar refractivity (Wildman–Crippen MR) is 45.1 cm³/mol. The van der Waals surface area contributed by atoms with Crippen LogP contribution in [0, 0.1) is 6.20 Å². The van der Waals surface area contributed by atoms with Crippen LogP contribution in [0.15, 0.2) is 36.7 Å². The maximum absolute atomic E-state index is 3.57. The molecule has 2 heterocycles. The van der Waals surface area contributed by atoms with E-state index in [9.17, 15) is 0 Å². The lowest BCUT2D eigenvalue weighted by atomic mass is 10.5. The van der Waals surface area contributed by atoms with Gasteiger partial charge in [-0.05, 0) is 12.2 Å². The molecular formula is C8H7N4. The van der Waals surface area contributed by atoms with Crippen LogP contribution in [0.5, 0.6) is 0 Å². The molecule has 0 fully saturated rings. The first-order valence-corrected chi connectivity index (χ1v) is 3.55. The lowest BCUT2D eigenvalue weighted by molar-refractivity contribution is 0.934. The molecule has 12 heavy (non-hydrogen) atoms. The molecule has 1 aliphatic rings. The standard InChI is InChI=1S/C8H7N4/c1-2-4-6-12(5-3-1)8-7-9-11-10-8/h1-6H,(H,9,10,11). The monoisotopic (exact) mass is 159 g/mol. The van der Waals surface area contributed by atoms with Crippen LogP contribution in [0.2, 0.25) is 0 Å². The van der Waals surface area contributed by atoms with Gasteiger partial charge in [-0.15, -0.1) is 5.10 Å². The van der Waals surface area contributed by atoms with Gasteiger partial charge in [-0.1, -0.05) is 17.4 Å². The molecule has 0 aliphatic carbocycles. The second-order valence-electron chi connectivity index (χ2n) is 2.25. The molecule has 0 unspecified atom stereocenters. The van der Waals surface area contributed by atoms with Crippen LogP contribution in [0.4, 0.5) is 5.82 Å². The Hall–Kier alpha value is -1.84. The van der Waals surface area contributed by atoms with Crippen molar-refractivity contribution in [2.45, 2.75) is 0 Å². The minimum atomic E-state index is 0.728. The second-order valence-corrected chi connectivity index (χ2v) is 2.25. The number of anilines is 1. The molecule has 0 spiro atoms. The molecule has 0 bridgehead atoms. The van der Waals surface area contributed by atoms with Gasteiger partial charge < -0.3 is 4.90 Å². The molecule has 0 atom stereocenters. The Kier molecular flexibility index (Phi) is 1.74. The molecule has 0 aromatic carbocycles. The molecule has 1 aromatic rings. The number of allylic oxidation sites excluding steroid dienone is 4. The van der Waals surface area contributed by atoms with Gasteiger partial charge in [0.1, 0.15) is 0 Å². The fourth-order valence-electron chi connectivity index (χ4n) is 0.897. The van der Waals surface area contributed by atoms with Gasteiger partial charge in [0.15, 0.2) is 12.0 Å². The third-order valence-corrected chi connectivity index (χ3v) is 1.45. The zero-order valence-corrected chi connectivity index (χ0v) is 6.31. The van der Waals surface area contributed by atoms with E-state index in [1.807, 2.05) is 41.6 Å². The number of aromatic nitrogens is 3. The summed E-state index contributed by atoms with van der Waals surface area (Å²) in [6.07, 6.45) is 14.2. The van der Waals surface area contributed by atoms with Crippen molar-refractivity contribution >= 4 is 5.82 Å². The van der Waals surface area contributed by atoms with Gasteiger partial charge in [-0.25, -0.2) is 5.10 Å². The number of rotatable bonds is 1. The van der Waals surface area contributed by atoms with E-state index >= 15 is 0 Å². The van der Waals surface area contributed by atoms with Gasteiger partial charge in [0.05, 0.1) is 0 Å². The minimum Gasteiger partial charge on any atom is -0.307 e. The molecule has 4 nitrogen and oxygen atoms in total. The van der Waals surface area contributed by atoms with Crippen LogP contribution < -0.4 is 4.90 Å². The highest BCUT2D eigenvalue weighted by Gasteiger charge is 2.00. The van der Waals surface area contributed by atoms with Gasteiger partial charge in [0, 0.05) is 12.4 Å². The van der Waals surface area contributed by atoms with E-state index in [1.165, 1.54) is 0 Å². The number of aromatic amines is 1. The molecule has 1 radical (unpaired) electrons. The van der Waals surface area contributed by atoms with E-state index in [4.69, 9.17) is 0 Å². The van der Waals surface area contributed by atoms with Crippen molar-refractivity contribution in [3.05, 3.63) is 42.9 Å². The molecule has 2 rings (SSSR count). The van der Waals surface area contributed by atoms with Gasteiger partial charge in [0.2, 0.25) is 0 Å². The first-order valence-electron chi connectivity index (χ1n) is 3.55. The summed E-state index contributed by atoms with van der Waals surface area (Å²) in [5.41, 5.74) is 0. The van der Waals surface area contributed by atoms with E-state index in [-0.39, 0.29) is 0 Å². The molecule has 4 heteroatoms. The van der Waals surface area contributed by atoms with Crippen LogP contribution in [0.1, 0.15) is 0 Å². The van der Waals surface area contributed by atoms with Crippen LogP contribution in [-0.4, -0.2) is 15.4 Å². The Morgan fingerprint density at radius 3 is 2.50 bits per heavy atom. The quantitative estimate of drug-likeness (QED) is 0.665. The van der Waals surface area contributed by atoms with Gasteiger partial charge in [-0.2, -0.15) is 0 Å². The van der Waals surface area contributed by atoms with Crippen LogP contribution in [-0.2, 0) is 0 Å². The zero-order chi connectivity index (χ0) is 8.23. The summed E-state index contributed by atoms with van der Waals surface area (Å²) in [5, 5.41) is 9.85. The molecule has 59 valence electrons. The highest BCUT2D eigenvalue weighted by atomic mass is 15.4. The minimum absolute atomic E-state index is 0.728. The summed E-state index contributed by atoms with van der Waals surface area (Å²) in [5.74, 6) is 0.728. The van der Waals surface area contributed by atoms with Crippen molar-refractivity contribution < 1.29 is 0 Å². The van der Waals surface area contributed by atoms with Crippen molar-refractivity contribution in [3.63, 3.8) is 0 Å². The average Bonchev–Trinajstić information content (AvgIpc) is 2.48. The molecule has 1 aromatic heterocycles. The summed E-state index contributed by atoms with van der Waals surface area (Å²) in [6, 6.07) is 0. The summed E-state index contributed by atoms with van der Waals surface area (Å²) in [6.45, 7) is 0. The van der Waals surface area contributed by atoms with Gasteiger partial charge in [0.25, 0.3) is 0 Å². The Balaban J connectivity index is 2.25. The van der Waals surface area contributed by atoms with E-state index < -0.39 is 0 Å². The number of nitrogens with zero attached hydrogens (tertiary/aromatic N) is 3. The third-order valence-electron chi connectivity index (χ3n) is 1.45. The Bertz CT molecular complexity index is 305. The van der Waals surface area contributed by atoms with Crippen LogP contribution in [0.3, 0.4) is 0 Å². The normalized spacial score (nSPS) is 15.2. The maximum atomic E-state index is 3.57. The SMILES string of the molecule is [c]1nn[nH]c1N1C=CC=CC=C1. The first-order chi connectivity index (χ1) is 5.97. The van der Waals surface area contributed by atoms with E-state index in [2.05, 4.69) is 21.6 Å². The summed E-state index contributed by atoms with van der Waals surface area (Å²) < 4.78 is 0. The summed E-state index contributed by atoms with van der Waals surface area (Å²) in [4.78, 5) is 1.85. The Labute approximate surface area is 69.9 Å². The summed E-state index contributed by atoms with van der Waals surface area (Å²) >= 11 is 0. The highest BCUT2D eigenvalue weighted by Crippen LogP contribution is 2.09. The van der Waals surface area contributed by atoms with Crippen molar-refractivity contribution in [1.82, 2.24) is 15.4 Å². The molecule has 1 N–H and O–H groups in total. The van der Waals surface area contributed by atoms with Crippen molar-refractivity contribution in [1.29, 1.82) is 0 Å². The fraction of sp³-hybridized carbons (Fsp3) is 0. The number of hydrogen-bond acceptors (Lipinski definition) is 3. The molecule has 0 saturated heterocycles. The molecular weight excluding hydrogens is 152 g/mol. The largest absolute Gasteiger partial charge is 0.307 e. The van der Waals surface area contributed by atoms with E-state index in [1.54, 1.807) is 0 Å². The number of hydrogen-bond donors (Lipinski definition) is 1. The van der Waals surface area contributed by atoms with Crippen molar-refractivity contribution in [3.8, 4) is 0 Å². The highest BCUT2D eigenvalue weighted by molar-refractivity contribution is 5.44. The Morgan fingerprint density at radius 1 is 1.17 bits per heavy atom. The van der Waals surface area contributed by atoms with Crippen LogP contribution >= 0.6 is 0 Å². The van der Waals surface area contributed by atoms with Gasteiger partial charge >= 0.3 is 0 Å². The molecule has 1 aliphatic heterocycles. The van der Waals surface area contributed by atoms with E-state index in [0.29, 0.717) is 0 Å². The smallest absolute Gasteiger partial charge is 0.162 e. The Morgan fingerprint density at radius 2 is 1.92 bits per heavy atom. The lowest BCUT2D eigenvalue weighted by Gasteiger charge is -2.08. The van der Waals surface area contributed by atoms with Crippen molar-refractivity contribution in [2.24, 2.45) is 0 Å². The number of nitrogens with one attached hydrogen (secondary N) is 1. The lowest BCUT2D eigenvalue weighted by Crippen LogP contribution is -2.06. The zero-order valence-electron chi connectivity index (χ0n) is 6.31. The fourth-order valence-corrected chi connectivity index (χ4v) is 0.897. The topological polar surface area (TPSA) is 44.8 Å². The first kappa shape index (κ1) is 6.84. The molecule has 0 amide bonds. The predicted octanol–water partition coefficient (Wildman–Crippen LogP) is 1.01. The maximum Gasteiger partial charge on any atom is 0.162 e. The second kappa shape index (κ2) is 3.04. The van der Waals surface area contributed by atoms with Gasteiger partial charge in [-0.3, -0.25) is 0 Å². The summed E-state index contributed by atoms with van der Waals surface area (Å²) in [7, 11) is 0. The van der Waals surface area contributed by atoms with Crippen molar-refractivity contribution in [2.75, 3.05) is 4.90 Å². The van der Waals surface area contributed by atoms with E-state index in [0.717, 1.165) is 5.82 Å². The molecule has 0 saturated carbocycles. The average molecular weight is 159 g/mol. The third kappa shape index (κ3) is 1.27. The van der Waals surface area contributed by atoms with Crippen LogP contribution in [0.25, 0.3) is 0 Å².